The van der Waals surface area contributed by atoms with Gasteiger partial charge in [-0.3, -0.25) is 9.59 Å². The molecule has 1 aliphatic rings. The fraction of sp³-hybridized carbons (Fsp3) is 0.857. The van der Waals surface area contributed by atoms with E-state index >= 15 is 0 Å². The Kier molecular flexibility index (Phi) is 6.16. The summed E-state index contributed by atoms with van der Waals surface area (Å²) in [6.07, 6.45) is 7.96. The van der Waals surface area contributed by atoms with E-state index in [2.05, 4.69) is 0 Å². The molecular formula is C14H25NO3. The van der Waals surface area contributed by atoms with Gasteiger partial charge in [-0.05, 0) is 18.8 Å². The summed E-state index contributed by atoms with van der Waals surface area (Å²) in [7, 11) is 1.69. The second kappa shape index (κ2) is 7.39. The van der Waals surface area contributed by atoms with Gasteiger partial charge in [0.05, 0.1) is 5.92 Å². The molecule has 1 aliphatic carbocycles. The van der Waals surface area contributed by atoms with Gasteiger partial charge in [0.1, 0.15) is 0 Å². The second-order valence-electron chi connectivity index (χ2n) is 5.56. The van der Waals surface area contributed by atoms with Crippen molar-refractivity contribution in [1.82, 2.24) is 4.90 Å². The smallest absolute Gasteiger partial charge is 0.308 e. The van der Waals surface area contributed by atoms with Crippen molar-refractivity contribution in [2.24, 2.45) is 11.8 Å². The van der Waals surface area contributed by atoms with Crippen LogP contribution in [-0.2, 0) is 9.59 Å². The number of rotatable bonds is 7. The summed E-state index contributed by atoms with van der Waals surface area (Å²) in [6, 6.07) is 0. The minimum Gasteiger partial charge on any atom is -0.481 e. The monoisotopic (exact) mass is 255 g/mol. The van der Waals surface area contributed by atoms with E-state index in [4.69, 9.17) is 5.11 Å². The van der Waals surface area contributed by atoms with Gasteiger partial charge in [0.25, 0.3) is 0 Å². The van der Waals surface area contributed by atoms with E-state index in [0.717, 1.165) is 18.8 Å². The zero-order valence-corrected chi connectivity index (χ0v) is 11.5. The highest BCUT2D eigenvalue weighted by Gasteiger charge is 2.18. The van der Waals surface area contributed by atoms with Crippen molar-refractivity contribution in [1.29, 1.82) is 0 Å². The van der Waals surface area contributed by atoms with E-state index in [9.17, 15) is 9.59 Å². The molecule has 1 unspecified atom stereocenters. The van der Waals surface area contributed by atoms with E-state index in [1.165, 1.54) is 25.7 Å². The maximum atomic E-state index is 11.8. The molecule has 0 spiro atoms. The third-order valence-corrected chi connectivity index (χ3v) is 3.87. The normalized spacial score (nSPS) is 17.7. The van der Waals surface area contributed by atoms with Crippen molar-refractivity contribution in [2.45, 2.75) is 51.9 Å². The van der Waals surface area contributed by atoms with E-state index < -0.39 is 11.9 Å². The Labute approximate surface area is 109 Å². The Morgan fingerprint density at radius 2 is 1.94 bits per heavy atom. The molecule has 104 valence electrons. The van der Waals surface area contributed by atoms with Crippen LogP contribution in [0.15, 0.2) is 0 Å². The average molecular weight is 255 g/mol. The predicted octanol–water partition coefficient (Wildman–Crippen LogP) is 2.53. The average Bonchev–Trinajstić information content (AvgIpc) is 2.81. The molecule has 0 aromatic rings. The van der Waals surface area contributed by atoms with Crippen LogP contribution in [0.4, 0.5) is 0 Å². The largest absolute Gasteiger partial charge is 0.481 e. The molecule has 0 bridgehead atoms. The minimum absolute atomic E-state index is 0.0705. The Balaban J connectivity index is 2.16. The molecule has 0 saturated heterocycles. The molecule has 1 rings (SSSR count). The molecule has 1 N–H and O–H groups in total. The van der Waals surface area contributed by atoms with Crippen molar-refractivity contribution >= 4 is 11.9 Å². The Morgan fingerprint density at radius 1 is 1.33 bits per heavy atom. The van der Waals surface area contributed by atoms with E-state index in [0.29, 0.717) is 13.0 Å². The quantitative estimate of drug-likeness (QED) is 0.760. The first kappa shape index (κ1) is 15.0. The number of hydrogen-bond donors (Lipinski definition) is 1. The minimum atomic E-state index is -0.847. The van der Waals surface area contributed by atoms with Crippen LogP contribution < -0.4 is 0 Å². The molecule has 0 aromatic carbocycles. The Morgan fingerprint density at radius 3 is 2.50 bits per heavy atom. The van der Waals surface area contributed by atoms with Gasteiger partial charge in [0, 0.05) is 20.0 Å². The third kappa shape index (κ3) is 5.07. The molecule has 0 heterocycles. The van der Waals surface area contributed by atoms with Gasteiger partial charge >= 0.3 is 5.97 Å². The van der Waals surface area contributed by atoms with E-state index in [-0.39, 0.29) is 5.91 Å². The maximum Gasteiger partial charge on any atom is 0.308 e. The van der Waals surface area contributed by atoms with Crippen molar-refractivity contribution in [3.8, 4) is 0 Å². The predicted molar refractivity (Wildman–Crippen MR) is 70.2 cm³/mol. The van der Waals surface area contributed by atoms with Gasteiger partial charge in [-0.1, -0.05) is 32.6 Å². The number of carbonyl (C=O) groups excluding carboxylic acids is 1. The number of carboxylic acid groups (broad SMARTS) is 1. The standard InChI is InChI=1S/C14H25NO3/c1-11(14(17)18)10-15(2)13(16)9-5-8-12-6-3-4-7-12/h11-12H,3-10H2,1-2H3,(H,17,18). The lowest BCUT2D eigenvalue weighted by molar-refractivity contribution is -0.142. The Hall–Kier alpha value is -1.06. The molecule has 1 amide bonds. The summed E-state index contributed by atoms with van der Waals surface area (Å²) in [5.74, 6) is -0.448. The summed E-state index contributed by atoms with van der Waals surface area (Å²) in [5, 5.41) is 8.79. The number of carbonyl (C=O) groups is 2. The zero-order valence-electron chi connectivity index (χ0n) is 11.5. The number of nitrogens with zero attached hydrogens (tertiary/aromatic N) is 1. The molecule has 1 atom stereocenters. The number of aliphatic carboxylic acids is 1. The van der Waals surface area contributed by atoms with Crippen LogP contribution in [0.3, 0.4) is 0 Å². The summed E-state index contributed by atoms with van der Waals surface area (Å²) in [4.78, 5) is 24.1. The number of hydrogen-bond acceptors (Lipinski definition) is 2. The molecular weight excluding hydrogens is 230 g/mol. The van der Waals surface area contributed by atoms with Crippen molar-refractivity contribution < 1.29 is 14.7 Å². The molecule has 0 aromatic heterocycles. The molecule has 0 aliphatic heterocycles. The van der Waals surface area contributed by atoms with E-state index in [1.807, 2.05) is 0 Å². The third-order valence-electron chi connectivity index (χ3n) is 3.87. The molecule has 1 saturated carbocycles. The number of amides is 1. The summed E-state index contributed by atoms with van der Waals surface area (Å²) < 4.78 is 0. The zero-order chi connectivity index (χ0) is 13.5. The topological polar surface area (TPSA) is 57.6 Å². The van der Waals surface area contributed by atoms with Crippen LogP contribution in [0.25, 0.3) is 0 Å². The van der Waals surface area contributed by atoms with Crippen molar-refractivity contribution in [3.63, 3.8) is 0 Å². The number of carboxylic acids is 1. The maximum absolute atomic E-state index is 11.8. The van der Waals surface area contributed by atoms with Crippen LogP contribution in [0, 0.1) is 11.8 Å². The summed E-state index contributed by atoms with van der Waals surface area (Å²) in [5.41, 5.74) is 0. The molecule has 4 heteroatoms. The fourth-order valence-corrected chi connectivity index (χ4v) is 2.62. The highest BCUT2D eigenvalue weighted by Crippen LogP contribution is 2.28. The lowest BCUT2D eigenvalue weighted by Crippen LogP contribution is -2.33. The molecule has 4 nitrogen and oxygen atoms in total. The first-order valence-corrected chi connectivity index (χ1v) is 6.97. The molecule has 18 heavy (non-hydrogen) atoms. The van der Waals surface area contributed by atoms with Crippen molar-refractivity contribution in [2.75, 3.05) is 13.6 Å². The van der Waals surface area contributed by atoms with Crippen LogP contribution in [-0.4, -0.2) is 35.5 Å². The van der Waals surface area contributed by atoms with E-state index in [1.54, 1.807) is 18.9 Å². The fourth-order valence-electron chi connectivity index (χ4n) is 2.62. The van der Waals surface area contributed by atoms with Crippen LogP contribution in [0.5, 0.6) is 0 Å². The van der Waals surface area contributed by atoms with Crippen LogP contribution in [0.1, 0.15) is 51.9 Å². The first-order valence-electron chi connectivity index (χ1n) is 6.97. The van der Waals surface area contributed by atoms with Crippen molar-refractivity contribution in [3.05, 3.63) is 0 Å². The lowest BCUT2D eigenvalue weighted by Gasteiger charge is -2.19. The molecule has 1 fully saturated rings. The van der Waals surface area contributed by atoms with Gasteiger partial charge in [-0.25, -0.2) is 0 Å². The molecule has 0 radical (unpaired) electrons. The summed E-state index contributed by atoms with van der Waals surface area (Å²) in [6.45, 7) is 1.93. The van der Waals surface area contributed by atoms with Gasteiger partial charge in [-0.15, -0.1) is 0 Å². The van der Waals surface area contributed by atoms with Crippen LogP contribution in [0.2, 0.25) is 0 Å². The SMILES string of the molecule is CC(CN(C)C(=O)CCCC1CCCC1)C(=O)O. The van der Waals surface area contributed by atoms with Crippen LogP contribution >= 0.6 is 0 Å². The summed E-state index contributed by atoms with van der Waals surface area (Å²) >= 11 is 0. The highest BCUT2D eigenvalue weighted by molar-refractivity contribution is 5.77. The van der Waals surface area contributed by atoms with Gasteiger partial charge in [-0.2, -0.15) is 0 Å². The van der Waals surface area contributed by atoms with Gasteiger partial charge in [0.15, 0.2) is 0 Å². The second-order valence-corrected chi connectivity index (χ2v) is 5.56. The highest BCUT2D eigenvalue weighted by atomic mass is 16.4. The van der Waals surface area contributed by atoms with Gasteiger partial charge in [0.2, 0.25) is 5.91 Å². The first-order chi connectivity index (χ1) is 8.50. The lowest BCUT2D eigenvalue weighted by atomic mass is 10.0. The Bertz CT molecular complexity index is 285. The van der Waals surface area contributed by atoms with Gasteiger partial charge < -0.3 is 10.0 Å².